The fourth-order valence-electron chi connectivity index (χ4n) is 5.44. The van der Waals surface area contributed by atoms with Crippen LogP contribution in [0.25, 0.3) is 11.1 Å². The maximum atomic E-state index is 13.3. The van der Waals surface area contributed by atoms with Crippen LogP contribution < -0.4 is 15.5 Å². The molecule has 6 nitrogen and oxygen atoms in total. The van der Waals surface area contributed by atoms with Crippen molar-refractivity contribution in [1.82, 2.24) is 10.2 Å². The molecule has 228 valence electrons. The highest BCUT2D eigenvalue weighted by molar-refractivity contribution is 6.34. The summed E-state index contributed by atoms with van der Waals surface area (Å²) in [5, 5.41) is 6.16. The number of likely N-dealkylation sites (N-methyl/N-ethyl adjacent to an activating group) is 1. The van der Waals surface area contributed by atoms with Crippen molar-refractivity contribution in [3.05, 3.63) is 119 Å². The van der Waals surface area contributed by atoms with E-state index in [-0.39, 0.29) is 11.9 Å². The zero-order chi connectivity index (χ0) is 31.3. The highest BCUT2D eigenvalue weighted by atomic mass is 35.5. The molecule has 4 aromatic rings. The molecule has 0 bridgehead atoms. The number of carbonyl (C=O) groups is 2. The van der Waals surface area contributed by atoms with Crippen LogP contribution in [-0.4, -0.2) is 49.4 Å². The SMILES string of the molecule is CCNC(=O)C(c1ccccc1)N1CCN(c2ccc(NC(=O)c3ccccc3-c3ccc(C(F)(F)F)cc3)c(Cl)c2)CC1. The fraction of sp³-hybridized carbons (Fsp3) is 0.235. The van der Waals surface area contributed by atoms with Gasteiger partial charge in [-0.05, 0) is 60.0 Å². The summed E-state index contributed by atoms with van der Waals surface area (Å²) in [5.41, 5.74) is 2.82. The Bertz CT molecular complexity index is 1610. The molecule has 1 aliphatic heterocycles. The summed E-state index contributed by atoms with van der Waals surface area (Å²) in [5.74, 6) is -0.448. The van der Waals surface area contributed by atoms with Gasteiger partial charge in [-0.3, -0.25) is 14.5 Å². The molecule has 0 aromatic heterocycles. The van der Waals surface area contributed by atoms with Gasteiger partial charge in [0.2, 0.25) is 5.91 Å². The van der Waals surface area contributed by atoms with Gasteiger partial charge in [0.25, 0.3) is 5.91 Å². The van der Waals surface area contributed by atoms with Crippen LogP contribution in [0.1, 0.15) is 34.5 Å². The van der Waals surface area contributed by atoms with E-state index >= 15 is 0 Å². The Morgan fingerprint density at radius 1 is 0.864 bits per heavy atom. The van der Waals surface area contributed by atoms with E-state index in [2.05, 4.69) is 20.4 Å². The molecule has 0 spiro atoms. The first-order chi connectivity index (χ1) is 21.2. The smallest absolute Gasteiger partial charge is 0.369 e. The van der Waals surface area contributed by atoms with Crippen LogP contribution in [0.15, 0.2) is 97.1 Å². The monoisotopic (exact) mass is 620 g/mol. The number of halogens is 4. The Morgan fingerprint density at radius 3 is 2.16 bits per heavy atom. The molecule has 2 amide bonds. The molecular formula is C34H32ClF3N4O2. The van der Waals surface area contributed by atoms with Crippen molar-refractivity contribution >= 4 is 34.8 Å². The molecule has 1 saturated heterocycles. The second-order valence-corrected chi connectivity index (χ2v) is 10.9. The lowest BCUT2D eigenvalue weighted by molar-refractivity contribution is -0.137. The van der Waals surface area contributed by atoms with Gasteiger partial charge in [-0.1, -0.05) is 72.3 Å². The van der Waals surface area contributed by atoms with Crippen molar-refractivity contribution in [1.29, 1.82) is 0 Å². The van der Waals surface area contributed by atoms with Gasteiger partial charge in [0.05, 0.1) is 16.3 Å². The molecular weight excluding hydrogens is 589 g/mol. The Morgan fingerprint density at radius 2 is 1.52 bits per heavy atom. The summed E-state index contributed by atoms with van der Waals surface area (Å²) >= 11 is 6.62. The molecule has 0 aliphatic carbocycles. The number of hydrogen-bond donors (Lipinski definition) is 2. The highest BCUT2D eigenvalue weighted by Gasteiger charge is 2.31. The second-order valence-electron chi connectivity index (χ2n) is 10.5. The van der Waals surface area contributed by atoms with Crippen molar-refractivity contribution in [2.24, 2.45) is 0 Å². The molecule has 2 N–H and O–H groups in total. The third-order valence-electron chi connectivity index (χ3n) is 7.66. The Balaban J connectivity index is 1.26. The molecule has 10 heteroatoms. The van der Waals surface area contributed by atoms with Gasteiger partial charge in [-0.25, -0.2) is 0 Å². The largest absolute Gasteiger partial charge is 0.416 e. The van der Waals surface area contributed by atoms with Crippen LogP contribution in [0.4, 0.5) is 24.5 Å². The predicted molar refractivity (Wildman–Crippen MR) is 168 cm³/mol. The summed E-state index contributed by atoms with van der Waals surface area (Å²) in [6.45, 7) is 5.19. The van der Waals surface area contributed by atoms with Gasteiger partial charge in [0.1, 0.15) is 6.04 Å². The minimum atomic E-state index is -4.44. The van der Waals surface area contributed by atoms with E-state index in [1.165, 1.54) is 12.1 Å². The lowest BCUT2D eigenvalue weighted by Gasteiger charge is -2.39. The molecule has 44 heavy (non-hydrogen) atoms. The van der Waals surface area contributed by atoms with Crippen LogP contribution in [0.2, 0.25) is 5.02 Å². The van der Waals surface area contributed by atoms with E-state index in [9.17, 15) is 22.8 Å². The van der Waals surface area contributed by atoms with Crippen LogP contribution >= 0.6 is 11.6 Å². The number of piperazine rings is 1. The lowest BCUT2D eigenvalue weighted by atomic mass is 9.98. The van der Waals surface area contributed by atoms with E-state index < -0.39 is 17.6 Å². The maximum Gasteiger partial charge on any atom is 0.416 e. The fourth-order valence-corrected chi connectivity index (χ4v) is 5.66. The number of carbonyl (C=O) groups excluding carboxylic acids is 2. The number of rotatable bonds is 8. The van der Waals surface area contributed by atoms with Crippen LogP contribution in [-0.2, 0) is 11.0 Å². The summed E-state index contributed by atoms with van der Waals surface area (Å²) in [6.07, 6.45) is -4.44. The van der Waals surface area contributed by atoms with Gasteiger partial charge in [0, 0.05) is 44.0 Å². The normalized spacial score (nSPS) is 14.6. The van der Waals surface area contributed by atoms with Gasteiger partial charge >= 0.3 is 6.18 Å². The molecule has 1 aliphatic rings. The average molecular weight is 621 g/mol. The highest BCUT2D eigenvalue weighted by Crippen LogP contribution is 2.33. The van der Waals surface area contributed by atoms with E-state index in [4.69, 9.17) is 11.6 Å². The van der Waals surface area contributed by atoms with Crippen LogP contribution in [0.3, 0.4) is 0 Å². The van der Waals surface area contributed by atoms with Crippen molar-refractivity contribution in [3.8, 4) is 11.1 Å². The Labute approximate surface area is 259 Å². The van der Waals surface area contributed by atoms with Crippen LogP contribution in [0, 0.1) is 0 Å². The predicted octanol–water partition coefficient (Wildman–Crippen LogP) is 7.28. The van der Waals surface area contributed by atoms with Gasteiger partial charge in [-0.2, -0.15) is 13.2 Å². The third-order valence-corrected chi connectivity index (χ3v) is 7.97. The summed E-state index contributed by atoms with van der Waals surface area (Å²) < 4.78 is 39.1. The quantitative estimate of drug-likeness (QED) is 0.217. The third kappa shape index (κ3) is 7.06. The number of alkyl halides is 3. The number of anilines is 2. The standard InChI is InChI=1S/C34H32ClF3N4O2/c1-2-39-33(44)31(24-8-4-3-5-9-24)42-20-18-41(19-21-42)26-16-17-30(29(35)22-26)40-32(43)28-11-7-6-10-27(28)23-12-14-25(15-13-23)34(36,37)38/h3-17,22,31H,2,18-21H2,1H3,(H,39,44)(H,40,43). The Kier molecular flexibility index (Phi) is 9.56. The summed E-state index contributed by atoms with van der Waals surface area (Å²) in [7, 11) is 0. The topological polar surface area (TPSA) is 64.7 Å². The first kappa shape index (κ1) is 31.1. The van der Waals surface area contributed by atoms with E-state index in [0.717, 1.165) is 23.4 Å². The molecule has 4 aromatic carbocycles. The number of amides is 2. The number of benzene rings is 4. The van der Waals surface area contributed by atoms with Crippen molar-refractivity contribution in [2.75, 3.05) is 42.9 Å². The second kappa shape index (κ2) is 13.5. The van der Waals surface area contributed by atoms with Crippen molar-refractivity contribution < 1.29 is 22.8 Å². The van der Waals surface area contributed by atoms with E-state index in [1.807, 2.05) is 43.3 Å². The molecule has 1 fully saturated rings. The molecule has 5 rings (SSSR count). The lowest BCUT2D eigenvalue weighted by Crippen LogP contribution is -2.51. The van der Waals surface area contributed by atoms with Crippen molar-refractivity contribution in [2.45, 2.75) is 19.1 Å². The van der Waals surface area contributed by atoms with Gasteiger partial charge in [0.15, 0.2) is 0 Å². The molecule has 0 radical (unpaired) electrons. The molecule has 0 saturated carbocycles. The number of nitrogens with one attached hydrogen (secondary N) is 2. The maximum absolute atomic E-state index is 13.3. The summed E-state index contributed by atoms with van der Waals surface area (Å²) in [6, 6.07) is 26.3. The van der Waals surface area contributed by atoms with Gasteiger partial charge in [-0.15, -0.1) is 0 Å². The molecule has 1 unspecified atom stereocenters. The first-order valence-electron chi connectivity index (χ1n) is 14.3. The van der Waals surface area contributed by atoms with Crippen molar-refractivity contribution in [3.63, 3.8) is 0 Å². The van der Waals surface area contributed by atoms with Gasteiger partial charge < -0.3 is 15.5 Å². The number of hydrogen-bond acceptors (Lipinski definition) is 4. The zero-order valence-electron chi connectivity index (χ0n) is 24.1. The van der Waals surface area contributed by atoms with Crippen LogP contribution in [0.5, 0.6) is 0 Å². The molecule has 1 heterocycles. The molecule has 1 atom stereocenters. The average Bonchev–Trinajstić information content (AvgIpc) is 3.03. The Hall–Kier alpha value is -4.34. The minimum absolute atomic E-state index is 0.0183. The van der Waals surface area contributed by atoms with E-state index in [1.54, 1.807) is 36.4 Å². The zero-order valence-corrected chi connectivity index (χ0v) is 24.8. The minimum Gasteiger partial charge on any atom is -0.369 e. The first-order valence-corrected chi connectivity index (χ1v) is 14.7. The van der Waals surface area contributed by atoms with E-state index in [0.29, 0.717) is 60.1 Å². The summed E-state index contributed by atoms with van der Waals surface area (Å²) in [4.78, 5) is 30.6. The number of nitrogens with zero attached hydrogens (tertiary/aromatic N) is 2.